The Morgan fingerprint density at radius 1 is 0.561 bits per heavy atom. The topological polar surface area (TPSA) is 199 Å². The second kappa shape index (κ2) is 19.0. The van der Waals surface area contributed by atoms with E-state index in [-0.39, 0.29) is 56.1 Å². The zero-order valence-electron chi connectivity index (χ0n) is 42.7. The maximum atomic E-state index is 14.3. The molecule has 0 saturated heterocycles. The summed E-state index contributed by atoms with van der Waals surface area (Å²) in [5.74, 6) is 7.40. The number of fused-ring (bicyclic) bond motifs is 2. The Morgan fingerprint density at radius 3 is 1.30 bits per heavy atom. The lowest BCUT2D eigenvalue weighted by molar-refractivity contribution is -0.208. The first-order valence-corrected chi connectivity index (χ1v) is 27.2. The molecule has 2 amide bonds. The molecule has 0 heterocycles. The average Bonchev–Trinajstić information content (AvgIpc) is 3.27. The lowest BCUT2D eigenvalue weighted by Crippen LogP contribution is -2.65. The van der Waals surface area contributed by atoms with Crippen molar-refractivity contribution in [3.63, 3.8) is 0 Å². The number of carbonyl (C=O) groups is 2. The predicted molar refractivity (Wildman–Crippen MR) is 264 cm³/mol. The maximum Gasteiger partial charge on any atom is 0.226 e. The van der Waals surface area contributed by atoms with Crippen LogP contribution in [0.5, 0.6) is 0 Å². The van der Waals surface area contributed by atoms with Crippen LogP contribution in [0, 0.1) is 104 Å². The molecule has 374 valence electrons. The van der Waals surface area contributed by atoms with Gasteiger partial charge in [0.1, 0.15) is 11.7 Å². The summed E-state index contributed by atoms with van der Waals surface area (Å²) in [6.07, 6.45) is 19.9. The molecule has 8 saturated carbocycles. The van der Waals surface area contributed by atoms with Gasteiger partial charge in [0.25, 0.3) is 0 Å². The lowest BCUT2D eigenvalue weighted by atomic mass is 9.34. The van der Waals surface area contributed by atoms with Crippen LogP contribution in [0.1, 0.15) is 171 Å². The van der Waals surface area contributed by atoms with Crippen molar-refractivity contribution in [3.8, 4) is 0 Å². The number of carbonyl (C=O) groups excluding carboxylic acids is 2. The van der Waals surface area contributed by atoms with Crippen molar-refractivity contribution in [2.24, 2.45) is 125 Å². The summed E-state index contributed by atoms with van der Waals surface area (Å²) in [5, 5.41) is 40.2. The van der Waals surface area contributed by atoms with Crippen LogP contribution in [0.15, 0.2) is 10.3 Å². The normalized spacial score (nSPS) is 45.5. The fourth-order valence-corrected chi connectivity index (χ4v) is 19.7. The first-order chi connectivity index (χ1) is 31.3. The molecular weight excluding hydrogens is 825 g/mol. The molecule has 12 heteroatoms. The summed E-state index contributed by atoms with van der Waals surface area (Å²) in [5.41, 5.74) is 12.6. The van der Waals surface area contributed by atoms with Gasteiger partial charge in [-0.25, -0.2) is 0 Å². The zero-order valence-corrected chi connectivity index (χ0v) is 42.7. The zero-order chi connectivity index (χ0) is 47.5. The Morgan fingerprint density at radius 2 is 0.939 bits per heavy atom. The Kier molecular flexibility index (Phi) is 14.3. The van der Waals surface area contributed by atoms with E-state index >= 15 is 0 Å². The van der Waals surface area contributed by atoms with Gasteiger partial charge in [0.05, 0.1) is 0 Å². The van der Waals surface area contributed by atoms with Crippen molar-refractivity contribution in [2.45, 2.75) is 171 Å². The van der Waals surface area contributed by atoms with Gasteiger partial charge in [-0.3, -0.25) is 9.59 Å². The van der Waals surface area contributed by atoms with Crippen LogP contribution in [0.3, 0.4) is 0 Å². The molecule has 16 unspecified atom stereocenters. The van der Waals surface area contributed by atoms with Gasteiger partial charge in [0.2, 0.25) is 11.8 Å². The fraction of sp³-hybridized carbons (Fsp3) is 0.926. The van der Waals surface area contributed by atoms with Crippen LogP contribution in [0.2, 0.25) is 0 Å². The summed E-state index contributed by atoms with van der Waals surface area (Å²) >= 11 is 0. The quantitative estimate of drug-likeness (QED) is 0.0263. The summed E-state index contributed by atoms with van der Waals surface area (Å²) in [6.45, 7) is 23.5. The molecule has 66 heavy (non-hydrogen) atoms. The molecule has 12 nitrogen and oxygen atoms in total. The first kappa shape index (κ1) is 49.8. The standard InChI is InChI=1S/C54H94N8O4/c1-33(2)37-25-35-27-39(45(55)61-65)31-53(29-37)17-11-41-49(5,43(35)53)13-9-15-51(41,7)47(63)59-23-21-57-19-20-58-22-24-60-48(64)52(8)16-10-14-50(6)42(52)12-18-54-30-38(34(3)4)26-36(44(50)54)28-40(32-54)46(56)62-66/h33-44,57-58,65-66H,9-32H2,1-8H3,(H2,55,61)(H2,56,62)(H,59,63)(H,60,64). The third-order valence-electron chi connectivity index (χ3n) is 22.2. The third-order valence-corrected chi connectivity index (χ3v) is 22.2. The van der Waals surface area contributed by atoms with Gasteiger partial charge in [0.15, 0.2) is 0 Å². The highest BCUT2D eigenvalue weighted by molar-refractivity contribution is 5.84. The Labute approximate surface area is 399 Å². The molecule has 0 aromatic rings. The molecule has 10 N–H and O–H groups in total. The Balaban J connectivity index is 0.781. The van der Waals surface area contributed by atoms with Gasteiger partial charge in [0, 0.05) is 61.9 Å². The highest BCUT2D eigenvalue weighted by Crippen LogP contribution is 2.75. The summed E-state index contributed by atoms with van der Waals surface area (Å²) in [4.78, 5) is 28.5. The maximum absolute atomic E-state index is 14.3. The minimum absolute atomic E-state index is 0.117. The summed E-state index contributed by atoms with van der Waals surface area (Å²) < 4.78 is 0. The molecule has 0 aliphatic heterocycles. The van der Waals surface area contributed by atoms with E-state index in [9.17, 15) is 20.0 Å². The van der Waals surface area contributed by atoms with Gasteiger partial charge >= 0.3 is 0 Å². The van der Waals surface area contributed by atoms with E-state index in [1.807, 2.05) is 0 Å². The summed E-state index contributed by atoms with van der Waals surface area (Å²) in [7, 11) is 0. The van der Waals surface area contributed by atoms with E-state index in [0.29, 0.717) is 72.1 Å². The monoisotopic (exact) mass is 919 g/mol. The second-order valence-electron chi connectivity index (χ2n) is 26.2. The number of hydrogen-bond donors (Lipinski definition) is 8. The molecule has 8 aliphatic rings. The van der Waals surface area contributed by atoms with Gasteiger partial charge in [-0.15, -0.1) is 0 Å². The number of amides is 2. The number of nitrogens with two attached hydrogens (primary N) is 2. The fourth-order valence-electron chi connectivity index (χ4n) is 19.7. The molecule has 0 spiro atoms. The predicted octanol–water partition coefficient (Wildman–Crippen LogP) is 8.49. The third kappa shape index (κ3) is 8.49. The minimum Gasteiger partial charge on any atom is -0.409 e. The minimum atomic E-state index is -0.373. The highest BCUT2D eigenvalue weighted by Gasteiger charge is 2.69. The van der Waals surface area contributed by atoms with Gasteiger partial charge in [-0.2, -0.15) is 0 Å². The van der Waals surface area contributed by atoms with E-state index in [1.165, 1.54) is 38.5 Å². The van der Waals surface area contributed by atoms with Crippen molar-refractivity contribution in [1.29, 1.82) is 0 Å². The molecule has 8 fully saturated rings. The van der Waals surface area contributed by atoms with Crippen LogP contribution in [0.25, 0.3) is 0 Å². The van der Waals surface area contributed by atoms with Crippen molar-refractivity contribution in [3.05, 3.63) is 0 Å². The Bertz CT molecular complexity index is 1700. The lowest BCUT2D eigenvalue weighted by Gasteiger charge is -2.70. The number of amidine groups is 2. The smallest absolute Gasteiger partial charge is 0.226 e. The number of nitrogens with one attached hydrogen (secondary N) is 4. The van der Waals surface area contributed by atoms with Gasteiger partial charge < -0.3 is 43.1 Å². The van der Waals surface area contributed by atoms with Crippen LogP contribution < -0.4 is 32.7 Å². The highest BCUT2D eigenvalue weighted by atomic mass is 16.4. The SMILES string of the molecule is CC(C)C1CC2CC(C(N)=NO)CC3(CCC4C(C)(C(=O)NCCNCCNCCNC(=O)C5(C)CCCC6(C)C7C8CC(C(N)=NO)CC7(CCC56)CC(C(C)C)C8)CCCC4(C)C23)C1. The summed E-state index contributed by atoms with van der Waals surface area (Å²) in [6, 6.07) is 0. The van der Waals surface area contributed by atoms with Crippen molar-refractivity contribution >= 4 is 23.5 Å². The van der Waals surface area contributed by atoms with Crippen molar-refractivity contribution < 1.29 is 20.0 Å². The van der Waals surface area contributed by atoms with Gasteiger partial charge in [-0.05, 0) is 184 Å². The first-order valence-electron chi connectivity index (χ1n) is 27.2. The van der Waals surface area contributed by atoms with Crippen LogP contribution in [0.4, 0.5) is 0 Å². The number of rotatable bonds is 15. The molecular formula is C54H94N8O4. The van der Waals surface area contributed by atoms with E-state index in [0.717, 1.165) is 115 Å². The van der Waals surface area contributed by atoms with E-state index in [1.54, 1.807) is 0 Å². The van der Waals surface area contributed by atoms with E-state index in [4.69, 9.17) is 11.5 Å². The van der Waals surface area contributed by atoms with Crippen LogP contribution in [-0.4, -0.2) is 73.2 Å². The molecule has 8 rings (SSSR count). The number of nitrogens with zero attached hydrogens (tertiary/aromatic N) is 2. The second-order valence-corrected chi connectivity index (χ2v) is 26.2. The largest absolute Gasteiger partial charge is 0.409 e. The van der Waals surface area contributed by atoms with Gasteiger partial charge in [-0.1, -0.05) is 78.5 Å². The molecule has 4 bridgehead atoms. The molecule has 0 aromatic carbocycles. The average molecular weight is 919 g/mol. The Hall–Kier alpha value is -2.60. The molecule has 0 radical (unpaired) electrons. The van der Waals surface area contributed by atoms with Crippen LogP contribution in [-0.2, 0) is 9.59 Å². The molecule has 16 atom stereocenters. The van der Waals surface area contributed by atoms with Crippen LogP contribution >= 0.6 is 0 Å². The van der Waals surface area contributed by atoms with Crippen molar-refractivity contribution in [2.75, 3.05) is 39.3 Å². The number of hydrogen-bond acceptors (Lipinski definition) is 8. The van der Waals surface area contributed by atoms with E-state index < -0.39 is 0 Å². The molecule has 8 aliphatic carbocycles. The molecule has 0 aromatic heterocycles. The van der Waals surface area contributed by atoms with Crippen molar-refractivity contribution in [1.82, 2.24) is 21.3 Å². The number of oxime groups is 2. The van der Waals surface area contributed by atoms with E-state index in [2.05, 4.69) is 87.0 Å².